The predicted molar refractivity (Wildman–Crippen MR) is 147 cm³/mol. The van der Waals surface area contributed by atoms with Crippen LogP contribution in [0.15, 0.2) is 66.7 Å². The van der Waals surface area contributed by atoms with E-state index >= 15 is 0 Å². The Morgan fingerprint density at radius 2 is 1.58 bits per heavy atom. The first-order valence-electron chi connectivity index (χ1n) is 12.9. The highest BCUT2D eigenvalue weighted by Gasteiger charge is 2.25. The number of fused-ring (bicyclic) bond motifs is 1. The standard InChI is InChI=1S/C30H41N3O2.ClH/c1-24(2)33(4,23-13-20-31-30(35)27-17-8-9-19-29(27)34)22-11-5-10-21-32(3)28-18-12-15-25-14-6-7-16-26(25)28;/h6-9,12,14-19,24H,5,10-11,13,20-23H2,1-4H3,(H-,31,34,35);1H. The van der Waals surface area contributed by atoms with E-state index in [0.29, 0.717) is 18.2 Å². The van der Waals surface area contributed by atoms with E-state index in [0.717, 1.165) is 30.5 Å². The smallest absolute Gasteiger partial charge is 0.255 e. The molecule has 1 atom stereocenters. The Morgan fingerprint density at radius 1 is 0.917 bits per heavy atom. The Morgan fingerprint density at radius 3 is 2.33 bits per heavy atom. The quantitative estimate of drug-likeness (QED) is 0.274. The maximum absolute atomic E-state index is 12.3. The van der Waals surface area contributed by atoms with Crippen LogP contribution in [0.2, 0.25) is 0 Å². The molecule has 1 unspecified atom stereocenters. The summed E-state index contributed by atoms with van der Waals surface area (Å²) in [6.07, 6.45) is 4.49. The number of amides is 1. The van der Waals surface area contributed by atoms with E-state index in [4.69, 9.17) is 0 Å². The second kappa shape index (κ2) is 14.1. The number of phenols is 1. The summed E-state index contributed by atoms with van der Waals surface area (Å²) in [7, 11) is 4.53. The van der Waals surface area contributed by atoms with E-state index < -0.39 is 0 Å². The summed E-state index contributed by atoms with van der Waals surface area (Å²) in [4.78, 5) is 14.7. The molecule has 0 aromatic heterocycles. The van der Waals surface area contributed by atoms with Crippen LogP contribution in [0.25, 0.3) is 10.8 Å². The van der Waals surface area contributed by atoms with Crippen molar-refractivity contribution < 1.29 is 26.8 Å². The van der Waals surface area contributed by atoms with E-state index in [1.165, 1.54) is 35.7 Å². The van der Waals surface area contributed by atoms with Crippen LogP contribution in [0.3, 0.4) is 0 Å². The lowest BCUT2D eigenvalue weighted by molar-refractivity contribution is -0.930. The highest BCUT2D eigenvalue weighted by Crippen LogP contribution is 2.26. The number of nitrogens with zero attached hydrogens (tertiary/aromatic N) is 2. The minimum absolute atomic E-state index is 0. The van der Waals surface area contributed by atoms with Crippen molar-refractivity contribution >= 4 is 22.4 Å². The van der Waals surface area contributed by atoms with Crippen molar-refractivity contribution in [1.82, 2.24) is 5.32 Å². The van der Waals surface area contributed by atoms with Gasteiger partial charge in [0, 0.05) is 37.6 Å². The number of phenolic OH excluding ortho intramolecular Hbond substituents is 1. The molecule has 0 aliphatic carbocycles. The van der Waals surface area contributed by atoms with Gasteiger partial charge in [-0.3, -0.25) is 4.79 Å². The fourth-order valence-electron chi connectivity index (χ4n) is 4.69. The fraction of sp³-hybridized carbons (Fsp3) is 0.433. The molecule has 1 amide bonds. The average Bonchev–Trinajstić information content (AvgIpc) is 2.86. The van der Waals surface area contributed by atoms with Gasteiger partial charge in [0.25, 0.3) is 5.91 Å². The van der Waals surface area contributed by atoms with Gasteiger partial charge in [-0.05, 0) is 56.7 Å². The lowest BCUT2D eigenvalue weighted by Gasteiger charge is -2.39. The first-order chi connectivity index (χ1) is 16.8. The summed E-state index contributed by atoms with van der Waals surface area (Å²) in [5, 5.41) is 15.4. The van der Waals surface area contributed by atoms with Crippen LogP contribution < -0.4 is 22.6 Å². The van der Waals surface area contributed by atoms with E-state index in [-0.39, 0.29) is 24.1 Å². The number of rotatable bonds is 13. The molecule has 36 heavy (non-hydrogen) atoms. The van der Waals surface area contributed by atoms with Crippen molar-refractivity contribution in [2.75, 3.05) is 45.2 Å². The van der Waals surface area contributed by atoms with Crippen LogP contribution in [0.1, 0.15) is 49.9 Å². The Hall–Kier alpha value is -2.76. The van der Waals surface area contributed by atoms with Gasteiger partial charge < -0.3 is 32.2 Å². The number of anilines is 1. The van der Waals surface area contributed by atoms with Crippen LogP contribution in [0, 0.1) is 0 Å². The minimum atomic E-state index is -0.211. The first kappa shape index (κ1) is 29.5. The highest BCUT2D eigenvalue weighted by molar-refractivity contribution is 5.96. The Balaban J connectivity index is 0.00000456. The van der Waals surface area contributed by atoms with Gasteiger partial charge in [-0.1, -0.05) is 48.5 Å². The van der Waals surface area contributed by atoms with Crippen LogP contribution in [-0.4, -0.2) is 61.8 Å². The van der Waals surface area contributed by atoms with Gasteiger partial charge >= 0.3 is 0 Å². The van der Waals surface area contributed by atoms with Crippen LogP contribution in [-0.2, 0) is 0 Å². The molecule has 6 heteroatoms. The van der Waals surface area contributed by atoms with Gasteiger partial charge in [0.15, 0.2) is 0 Å². The Labute approximate surface area is 223 Å². The van der Waals surface area contributed by atoms with Gasteiger partial charge in [-0.2, -0.15) is 0 Å². The van der Waals surface area contributed by atoms with Crippen molar-refractivity contribution in [2.45, 2.75) is 45.6 Å². The van der Waals surface area contributed by atoms with E-state index in [1.54, 1.807) is 24.3 Å². The molecule has 0 bridgehead atoms. The van der Waals surface area contributed by atoms with Crippen LogP contribution >= 0.6 is 0 Å². The molecular formula is C30H42ClN3O2. The number of benzene rings is 3. The monoisotopic (exact) mass is 511 g/mol. The first-order valence-corrected chi connectivity index (χ1v) is 12.9. The Kier molecular flexibility index (Phi) is 11.5. The van der Waals surface area contributed by atoms with Crippen molar-refractivity contribution in [3.63, 3.8) is 0 Å². The van der Waals surface area contributed by atoms with Gasteiger partial charge in [0.2, 0.25) is 0 Å². The lowest BCUT2D eigenvalue weighted by atomic mass is 10.1. The number of quaternary nitrogens is 1. The van der Waals surface area contributed by atoms with Crippen LogP contribution in [0.4, 0.5) is 5.69 Å². The molecule has 3 aromatic carbocycles. The molecule has 0 spiro atoms. The second-order valence-electron chi connectivity index (χ2n) is 10.1. The van der Waals surface area contributed by atoms with Crippen molar-refractivity contribution in [2.24, 2.45) is 0 Å². The number of carbonyl (C=O) groups is 1. The highest BCUT2D eigenvalue weighted by atomic mass is 35.5. The molecule has 0 aliphatic heterocycles. The predicted octanol–water partition coefficient (Wildman–Crippen LogP) is 2.83. The zero-order valence-electron chi connectivity index (χ0n) is 22.2. The normalized spacial score (nSPS) is 12.7. The van der Waals surface area contributed by atoms with Gasteiger partial charge in [0.05, 0.1) is 31.7 Å². The number of aromatic hydroxyl groups is 1. The molecule has 3 rings (SSSR count). The molecule has 0 heterocycles. The zero-order chi connectivity index (χ0) is 25.3. The number of unbranched alkanes of at least 4 members (excludes halogenated alkanes) is 2. The maximum atomic E-state index is 12.3. The molecular weight excluding hydrogens is 470 g/mol. The largest absolute Gasteiger partial charge is 1.00 e. The fourth-order valence-corrected chi connectivity index (χ4v) is 4.69. The second-order valence-corrected chi connectivity index (χ2v) is 10.1. The number of carbonyl (C=O) groups excluding carboxylic acids is 1. The third kappa shape index (κ3) is 7.87. The number of para-hydroxylation sites is 1. The SMILES string of the molecule is CC(C)[N+](C)(CCCCCN(C)c1cccc2ccccc12)CCCNC(=O)c1ccccc1O.[Cl-]. The van der Waals surface area contributed by atoms with Crippen LogP contribution in [0.5, 0.6) is 5.75 Å². The van der Waals surface area contributed by atoms with E-state index in [9.17, 15) is 9.90 Å². The van der Waals surface area contributed by atoms with Gasteiger partial charge in [-0.25, -0.2) is 0 Å². The Bertz CT molecular complexity index is 1100. The summed E-state index contributed by atoms with van der Waals surface area (Å²) in [6.45, 7) is 8.41. The minimum Gasteiger partial charge on any atom is -1.00 e. The summed E-state index contributed by atoms with van der Waals surface area (Å²) in [5.41, 5.74) is 1.64. The summed E-state index contributed by atoms with van der Waals surface area (Å²) in [5.74, 6) is -0.184. The van der Waals surface area contributed by atoms with E-state index in [2.05, 4.69) is 80.6 Å². The molecule has 3 aromatic rings. The van der Waals surface area contributed by atoms with Gasteiger partial charge in [-0.15, -0.1) is 0 Å². The molecule has 0 saturated carbocycles. The molecule has 0 fully saturated rings. The van der Waals surface area contributed by atoms with E-state index in [1.807, 2.05) is 0 Å². The van der Waals surface area contributed by atoms with Crippen molar-refractivity contribution in [1.29, 1.82) is 0 Å². The zero-order valence-corrected chi connectivity index (χ0v) is 23.0. The maximum Gasteiger partial charge on any atom is 0.255 e. The van der Waals surface area contributed by atoms with Gasteiger partial charge in [0.1, 0.15) is 5.75 Å². The summed E-state index contributed by atoms with van der Waals surface area (Å²) < 4.78 is 1.01. The molecule has 2 N–H and O–H groups in total. The van der Waals surface area contributed by atoms with Crippen molar-refractivity contribution in [3.8, 4) is 5.75 Å². The number of nitrogens with one attached hydrogen (secondary N) is 1. The summed E-state index contributed by atoms with van der Waals surface area (Å²) >= 11 is 0. The molecule has 5 nitrogen and oxygen atoms in total. The third-order valence-corrected chi connectivity index (χ3v) is 7.37. The molecule has 0 radical (unpaired) electrons. The molecule has 196 valence electrons. The third-order valence-electron chi connectivity index (χ3n) is 7.37. The number of halogens is 1. The number of hydrogen-bond donors (Lipinski definition) is 2. The lowest BCUT2D eigenvalue weighted by Crippen LogP contribution is -3.00. The molecule has 0 saturated heterocycles. The average molecular weight is 512 g/mol. The van der Waals surface area contributed by atoms with Crippen molar-refractivity contribution in [3.05, 3.63) is 72.3 Å². The summed E-state index contributed by atoms with van der Waals surface area (Å²) in [6, 6.07) is 22.3. The topological polar surface area (TPSA) is 52.6 Å². The molecule has 0 aliphatic rings. The number of hydrogen-bond acceptors (Lipinski definition) is 3.